The van der Waals surface area contributed by atoms with Crippen molar-refractivity contribution in [2.45, 2.75) is 13.1 Å². The van der Waals surface area contributed by atoms with Crippen molar-refractivity contribution < 1.29 is 13.2 Å². The van der Waals surface area contributed by atoms with Gasteiger partial charge in [-0.1, -0.05) is 0 Å². The number of hydrogen-bond acceptors (Lipinski definition) is 2. The standard InChI is InChI=1S/C14H10F3N3/c1-8-2-3-19-13-11(8)5-12(20-13)9-4-10(7-18-6-9)14(15,16)17/h2-7H,1H3,(H,19,20). The molecule has 0 saturated carbocycles. The highest BCUT2D eigenvalue weighted by Crippen LogP contribution is 2.32. The number of aryl methyl sites for hydroxylation is 1. The first-order valence-electron chi connectivity index (χ1n) is 5.92. The summed E-state index contributed by atoms with van der Waals surface area (Å²) in [5, 5.41) is 0.889. The number of rotatable bonds is 1. The number of pyridine rings is 2. The number of nitrogens with zero attached hydrogens (tertiary/aromatic N) is 2. The minimum Gasteiger partial charge on any atom is -0.339 e. The molecule has 0 spiro atoms. The molecule has 0 radical (unpaired) electrons. The van der Waals surface area contributed by atoms with Crippen LogP contribution in [-0.2, 0) is 6.18 Å². The Labute approximate surface area is 112 Å². The Morgan fingerprint density at radius 2 is 1.95 bits per heavy atom. The molecule has 3 aromatic rings. The van der Waals surface area contributed by atoms with Crippen molar-refractivity contribution in [1.82, 2.24) is 15.0 Å². The Kier molecular flexibility index (Phi) is 2.74. The molecule has 0 amide bonds. The predicted molar refractivity (Wildman–Crippen MR) is 69.1 cm³/mol. The van der Waals surface area contributed by atoms with Crippen LogP contribution in [0.2, 0.25) is 0 Å². The van der Waals surface area contributed by atoms with E-state index in [-0.39, 0.29) is 0 Å². The van der Waals surface area contributed by atoms with E-state index in [2.05, 4.69) is 15.0 Å². The summed E-state index contributed by atoms with van der Waals surface area (Å²) in [6, 6.07) is 4.71. The maximum Gasteiger partial charge on any atom is 0.417 e. The van der Waals surface area contributed by atoms with Crippen molar-refractivity contribution in [2.24, 2.45) is 0 Å². The third-order valence-electron chi connectivity index (χ3n) is 3.13. The maximum absolute atomic E-state index is 12.7. The van der Waals surface area contributed by atoms with Gasteiger partial charge in [0.2, 0.25) is 0 Å². The topological polar surface area (TPSA) is 41.6 Å². The molecule has 0 aliphatic rings. The molecule has 0 aromatic carbocycles. The molecular formula is C14H10F3N3. The second-order valence-corrected chi connectivity index (χ2v) is 4.53. The van der Waals surface area contributed by atoms with Crippen LogP contribution in [0.5, 0.6) is 0 Å². The molecule has 0 aliphatic heterocycles. The van der Waals surface area contributed by atoms with Crippen LogP contribution in [0.4, 0.5) is 13.2 Å². The fourth-order valence-corrected chi connectivity index (χ4v) is 2.06. The highest BCUT2D eigenvalue weighted by Gasteiger charge is 2.31. The van der Waals surface area contributed by atoms with Crippen molar-refractivity contribution in [3.8, 4) is 11.3 Å². The lowest BCUT2D eigenvalue weighted by molar-refractivity contribution is -0.137. The summed E-state index contributed by atoms with van der Waals surface area (Å²) in [7, 11) is 0. The quantitative estimate of drug-likeness (QED) is 0.731. The fraction of sp³-hybridized carbons (Fsp3) is 0.143. The van der Waals surface area contributed by atoms with Gasteiger partial charge in [0.15, 0.2) is 0 Å². The zero-order valence-electron chi connectivity index (χ0n) is 10.5. The summed E-state index contributed by atoms with van der Waals surface area (Å²) in [5.41, 5.74) is 1.85. The average molecular weight is 277 g/mol. The van der Waals surface area contributed by atoms with Crippen LogP contribution >= 0.6 is 0 Å². The molecule has 3 nitrogen and oxygen atoms in total. The Morgan fingerprint density at radius 1 is 1.15 bits per heavy atom. The lowest BCUT2D eigenvalue weighted by atomic mass is 10.1. The monoisotopic (exact) mass is 277 g/mol. The van der Waals surface area contributed by atoms with Gasteiger partial charge in [0.25, 0.3) is 0 Å². The smallest absolute Gasteiger partial charge is 0.339 e. The van der Waals surface area contributed by atoms with E-state index < -0.39 is 11.7 Å². The number of halogens is 3. The van der Waals surface area contributed by atoms with Gasteiger partial charge in [0.05, 0.1) is 5.56 Å². The van der Waals surface area contributed by atoms with Crippen LogP contribution in [0.15, 0.2) is 36.8 Å². The highest BCUT2D eigenvalue weighted by atomic mass is 19.4. The van der Waals surface area contributed by atoms with Gasteiger partial charge in [0.1, 0.15) is 5.65 Å². The van der Waals surface area contributed by atoms with Crippen molar-refractivity contribution in [3.63, 3.8) is 0 Å². The van der Waals surface area contributed by atoms with E-state index in [1.807, 2.05) is 13.0 Å². The van der Waals surface area contributed by atoms with E-state index in [1.54, 1.807) is 12.3 Å². The van der Waals surface area contributed by atoms with Crippen molar-refractivity contribution in [2.75, 3.05) is 0 Å². The summed E-state index contributed by atoms with van der Waals surface area (Å²) in [4.78, 5) is 10.8. The molecule has 0 saturated heterocycles. The van der Waals surface area contributed by atoms with Crippen LogP contribution < -0.4 is 0 Å². The van der Waals surface area contributed by atoms with Crippen molar-refractivity contribution in [1.29, 1.82) is 0 Å². The van der Waals surface area contributed by atoms with E-state index in [0.717, 1.165) is 23.2 Å². The molecule has 6 heteroatoms. The SMILES string of the molecule is Cc1ccnc2[nH]c(-c3cncc(C(F)(F)F)c3)cc12. The van der Waals surface area contributed by atoms with E-state index in [0.29, 0.717) is 16.9 Å². The number of aromatic amines is 1. The van der Waals surface area contributed by atoms with Crippen molar-refractivity contribution in [3.05, 3.63) is 47.9 Å². The third kappa shape index (κ3) is 2.13. The van der Waals surface area contributed by atoms with E-state index >= 15 is 0 Å². The second kappa shape index (κ2) is 4.33. The van der Waals surface area contributed by atoms with Gasteiger partial charge in [0, 0.05) is 35.2 Å². The predicted octanol–water partition coefficient (Wildman–Crippen LogP) is 3.95. The minimum absolute atomic E-state index is 0.386. The molecule has 0 fully saturated rings. The molecule has 3 aromatic heterocycles. The van der Waals surface area contributed by atoms with Gasteiger partial charge in [-0.15, -0.1) is 0 Å². The van der Waals surface area contributed by atoms with Crippen LogP contribution in [0.1, 0.15) is 11.1 Å². The minimum atomic E-state index is -4.40. The van der Waals surface area contributed by atoms with Crippen LogP contribution in [-0.4, -0.2) is 15.0 Å². The Morgan fingerprint density at radius 3 is 2.65 bits per heavy atom. The first-order chi connectivity index (χ1) is 9.45. The summed E-state index contributed by atoms with van der Waals surface area (Å²) in [6.07, 6.45) is -0.531. The van der Waals surface area contributed by atoms with Gasteiger partial charge in [-0.05, 0) is 30.7 Å². The zero-order chi connectivity index (χ0) is 14.3. The molecule has 0 atom stereocenters. The van der Waals surface area contributed by atoms with E-state index in [1.165, 1.54) is 6.20 Å². The van der Waals surface area contributed by atoms with Gasteiger partial charge in [-0.3, -0.25) is 4.98 Å². The lowest BCUT2D eigenvalue weighted by Crippen LogP contribution is -2.05. The van der Waals surface area contributed by atoms with Crippen LogP contribution in [0.3, 0.4) is 0 Å². The Balaban J connectivity index is 2.14. The molecule has 0 unspecified atom stereocenters. The van der Waals surface area contributed by atoms with Crippen LogP contribution in [0, 0.1) is 6.92 Å². The van der Waals surface area contributed by atoms with E-state index in [4.69, 9.17) is 0 Å². The number of nitrogens with one attached hydrogen (secondary N) is 1. The summed E-state index contributed by atoms with van der Waals surface area (Å²) < 4.78 is 38.1. The second-order valence-electron chi connectivity index (χ2n) is 4.53. The summed E-state index contributed by atoms with van der Waals surface area (Å²) >= 11 is 0. The normalized spacial score (nSPS) is 12.0. The first kappa shape index (κ1) is 12.7. The summed E-state index contributed by atoms with van der Waals surface area (Å²) in [5.74, 6) is 0. The molecular weight excluding hydrogens is 267 g/mol. The molecule has 102 valence electrons. The maximum atomic E-state index is 12.7. The third-order valence-corrected chi connectivity index (χ3v) is 3.13. The zero-order valence-corrected chi connectivity index (χ0v) is 10.5. The number of H-pyrrole nitrogens is 1. The molecule has 0 bridgehead atoms. The first-order valence-corrected chi connectivity index (χ1v) is 5.92. The van der Waals surface area contributed by atoms with Crippen LogP contribution in [0.25, 0.3) is 22.3 Å². The summed E-state index contributed by atoms with van der Waals surface area (Å²) in [6.45, 7) is 1.92. The Bertz CT molecular complexity index is 775. The molecule has 20 heavy (non-hydrogen) atoms. The van der Waals surface area contributed by atoms with Gasteiger partial charge >= 0.3 is 6.18 Å². The molecule has 3 heterocycles. The molecule has 0 aliphatic carbocycles. The number of aromatic nitrogens is 3. The average Bonchev–Trinajstić information content (AvgIpc) is 2.83. The Hall–Kier alpha value is -2.37. The number of hydrogen-bond donors (Lipinski definition) is 1. The van der Waals surface area contributed by atoms with E-state index in [9.17, 15) is 13.2 Å². The number of fused-ring (bicyclic) bond motifs is 1. The number of alkyl halides is 3. The van der Waals surface area contributed by atoms with Gasteiger partial charge in [-0.25, -0.2) is 4.98 Å². The van der Waals surface area contributed by atoms with Crippen molar-refractivity contribution >= 4 is 11.0 Å². The fourth-order valence-electron chi connectivity index (χ4n) is 2.06. The van der Waals surface area contributed by atoms with Gasteiger partial charge < -0.3 is 4.98 Å². The molecule has 3 rings (SSSR count). The molecule has 1 N–H and O–H groups in total. The largest absolute Gasteiger partial charge is 0.417 e. The highest BCUT2D eigenvalue weighted by molar-refractivity contribution is 5.85. The lowest BCUT2D eigenvalue weighted by Gasteiger charge is -2.06. The van der Waals surface area contributed by atoms with Gasteiger partial charge in [-0.2, -0.15) is 13.2 Å².